The first-order chi connectivity index (χ1) is 5.74. The van der Waals surface area contributed by atoms with Crippen LogP contribution in [0.5, 0.6) is 0 Å². The molecule has 1 aliphatic heterocycles. The summed E-state index contributed by atoms with van der Waals surface area (Å²) in [6.45, 7) is 3.80. The van der Waals surface area contributed by atoms with Crippen LogP contribution in [-0.4, -0.2) is 30.0 Å². The maximum absolute atomic E-state index is 9.28. The van der Waals surface area contributed by atoms with E-state index < -0.39 is 0 Å². The van der Waals surface area contributed by atoms with Crippen LogP contribution in [0.2, 0.25) is 6.82 Å². The molecule has 0 radical (unpaired) electrons. The molecule has 0 bridgehead atoms. The summed E-state index contributed by atoms with van der Waals surface area (Å²) in [6.07, 6.45) is 8.41. The quantitative estimate of drug-likeness (QED) is 0.484. The number of hydrogen-bond acceptors (Lipinski definition) is 2. The lowest BCUT2D eigenvalue weighted by Crippen LogP contribution is -2.42. The summed E-state index contributed by atoms with van der Waals surface area (Å²) in [5.74, 6) is 3.39. The summed E-state index contributed by atoms with van der Waals surface area (Å²) >= 11 is 0. The van der Waals surface area contributed by atoms with Crippen LogP contribution in [0, 0.1) is 18.3 Å². The predicted molar refractivity (Wildman–Crippen MR) is 51.6 cm³/mol. The maximum atomic E-state index is 9.28. The van der Waals surface area contributed by atoms with Crippen LogP contribution in [0.25, 0.3) is 0 Å². The van der Waals surface area contributed by atoms with Gasteiger partial charge in [0.05, 0.1) is 0 Å². The second-order valence-electron chi connectivity index (χ2n) is 3.52. The van der Waals surface area contributed by atoms with Crippen LogP contribution in [0.15, 0.2) is 0 Å². The van der Waals surface area contributed by atoms with Gasteiger partial charge in [0, 0.05) is 6.42 Å². The van der Waals surface area contributed by atoms with Gasteiger partial charge in [-0.05, 0) is 38.7 Å². The molecule has 3 heteroatoms. The Morgan fingerprint density at radius 3 is 2.58 bits per heavy atom. The third-order valence-corrected chi connectivity index (χ3v) is 2.58. The first-order valence-corrected chi connectivity index (χ1v) is 4.59. The molecular formula is C9H16BNO. The van der Waals surface area contributed by atoms with Gasteiger partial charge < -0.3 is 9.83 Å². The van der Waals surface area contributed by atoms with E-state index in [2.05, 4.69) is 10.7 Å². The molecule has 0 amide bonds. The Kier molecular flexibility index (Phi) is 3.64. The largest absolute Gasteiger partial charge is 0.437 e. The summed E-state index contributed by atoms with van der Waals surface area (Å²) < 4.78 is 0. The van der Waals surface area contributed by atoms with Crippen molar-refractivity contribution in [3.63, 3.8) is 0 Å². The lowest BCUT2D eigenvalue weighted by molar-refractivity contribution is 0.253. The Morgan fingerprint density at radius 1 is 1.58 bits per heavy atom. The molecule has 1 N–H and O–H groups in total. The van der Waals surface area contributed by atoms with Crippen LogP contribution < -0.4 is 0 Å². The Balaban J connectivity index is 2.26. The van der Waals surface area contributed by atoms with Gasteiger partial charge in [-0.1, -0.05) is 0 Å². The summed E-state index contributed by atoms with van der Waals surface area (Å²) in [4.78, 5) is 2.09. The zero-order chi connectivity index (χ0) is 8.97. The van der Waals surface area contributed by atoms with Gasteiger partial charge in [0.1, 0.15) is 0 Å². The zero-order valence-electron chi connectivity index (χ0n) is 7.66. The molecule has 0 unspecified atom stereocenters. The fourth-order valence-electron chi connectivity index (χ4n) is 1.70. The molecule has 0 aromatic rings. The van der Waals surface area contributed by atoms with E-state index in [1.807, 2.05) is 6.82 Å². The number of hydrogen-bond donors (Lipinski definition) is 1. The molecule has 12 heavy (non-hydrogen) atoms. The Hall–Kier alpha value is -0.455. The standard InChI is InChI=1S/C9H16BNO/c1-3-4-9-5-7-11(8-6-9)10(2)12/h1,9,12H,4-8H2,2H3. The van der Waals surface area contributed by atoms with Crippen molar-refractivity contribution in [2.24, 2.45) is 5.92 Å². The van der Waals surface area contributed by atoms with Crippen molar-refractivity contribution in [1.82, 2.24) is 4.81 Å². The van der Waals surface area contributed by atoms with Gasteiger partial charge in [0.25, 0.3) is 0 Å². The molecule has 1 aliphatic rings. The fourth-order valence-corrected chi connectivity index (χ4v) is 1.70. The van der Waals surface area contributed by atoms with Crippen molar-refractivity contribution < 1.29 is 5.02 Å². The van der Waals surface area contributed by atoms with Crippen molar-refractivity contribution in [3.05, 3.63) is 0 Å². The van der Waals surface area contributed by atoms with Crippen molar-refractivity contribution >= 4 is 7.05 Å². The molecule has 0 saturated carbocycles. The third kappa shape index (κ3) is 2.55. The van der Waals surface area contributed by atoms with Crippen molar-refractivity contribution in [3.8, 4) is 12.3 Å². The summed E-state index contributed by atoms with van der Waals surface area (Å²) in [5.41, 5.74) is 0. The molecule has 66 valence electrons. The molecule has 0 atom stereocenters. The van der Waals surface area contributed by atoms with Gasteiger partial charge in [-0.2, -0.15) is 0 Å². The number of terminal acetylenes is 1. The topological polar surface area (TPSA) is 23.5 Å². The minimum atomic E-state index is -0.295. The molecule has 0 aromatic heterocycles. The van der Waals surface area contributed by atoms with E-state index in [4.69, 9.17) is 6.42 Å². The van der Waals surface area contributed by atoms with Crippen LogP contribution >= 0.6 is 0 Å². The Morgan fingerprint density at radius 2 is 2.17 bits per heavy atom. The van der Waals surface area contributed by atoms with Gasteiger partial charge in [-0.15, -0.1) is 12.3 Å². The molecule has 1 heterocycles. The summed E-state index contributed by atoms with van der Waals surface area (Å²) in [5, 5.41) is 9.28. The Labute approximate surface area is 75.1 Å². The van der Waals surface area contributed by atoms with E-state index in [0.717, 1.165) is 32.4 Å². The lowest BCUT2D eigenvalue weighted by Gasteiger charge is -2.31. The van der Waals surface area contributed by atoms with Crippen LogP contribution in [0.3, 0.4) is 0 Å². The van der Waals surface area contributed by atoms with Gasteiger partial charge in [-0.25, -0.2) is 0 Å². The smallest absolute Gasteiger partial charge is 0.376 e. The summed E-state index contributed by atoms with van der Waals surface area (Å²) in [7, 11) is -0.295. The molecule has 1 fully saturated rings. The molecular weight excluding hydrogens is 149 g/mol. The molecule has 1 rings (SSSR count). The molecule has 1 saturated heterocycles. The molecule has 0 aromatic carbocycles. The highest BCUT2D eigenvalue weighted by Gasteiger charge is 2.22. The van der Waals surface area contributed by atoms with E-state index in [1.165, 1.54) is 0 Å². The predicted octanol–water partition coefficient (Wildman–Crippen LogP) is 0.832. The highest BCUT2D eigenvalue weighted by atomic mass is 16.2. The van der Waals surface area contributed by atoms with Crippen molar-refractivity contribution in [1.29, 1.82) is 0 Å². The fraction of sp³-hybridized carbons (Fsp3) is 0.778. The monoisotopic (exact) mass is 165 g/mol. The average molecular weight is 165 g/mol. The lowest BCUT2D eigenvalue weighted by atomic mass is 9.80. The average Bonchev–Trinajstić information content (AvgIpc) is 2.06. The molecule has 2 nitrogen and oxygen atoms in total. The van der Waals surface area contributed by atoms with Gasteiger partial charge in [0.2, 0.25) is 0 Å². The van der Waals surface area contributed by atoms with Gasteiger partial charge in [-0.3, -0.25) is 0 Å². The minimum Gasteiger partial charge on any atom is -0.437 e. The van der Waals surface area contributed by atoms with E-state index in [1.54, 1.807) is 0 Å². The third-order valence-electron chi connectivity index (χ3n) is 2.58. The van der Waals surface area contributed by atoms with E-state index in [-0.39, 0.29) is 7.05 Å². The minimum absolute atomic E-state index is 0.295. The van der Waals surface area contributed by atoms with Crippen molar-refractivity contribution in [2.45, 2.75) is 26.1 Å². The maximum Gasteiger partial charge on any atom is 0.376 e. The number of rotatable bonds is 2. The highest BCUT2D eigenvalue weighted by molar-refractivity contribution is 6.45. The zero-order valence-corrected chi connectivity index (χ0v) is 7.66. The van der Waals surface area contributed by atoms with Crippen LogP contribution in [0.4, 0.5) is 0 Å². The second kappa shape index (κ2) is 4.54. The number of nitrogens with zero attached hydrogens (tertiary/aromatic N) is 1. The van der Waals surface area contributed by atoms with Crippen molar-refractivity contribution in [2.75, 3.05) is 13.1 Å². The van der Waals surface area contributed by atoms with Crippen LogP contribution in [-0.2, 0) is 0 Å². The van der Waals surface area contributed by atoms with Gasteiger partial charge in [0.15, 0.2) is 0 Å². The highest BCUT2D eigenvalue weighted by Crippen LogP contribution is 2.19. The van der Waals surface area contributed by atoms with E-state index in [0.29, 0.717) is 5.92 Å². The van der Waals surface area contributed by atoms with Gasteiger partial charge >= 0.3 is 7.05 Å². The van der Waals surface area contributed by atoms with Crippen LogP contribution in [0.1, 0.15) is 19.3 Å². The molecule has 0 aliphatic carbocycles. The summed E-state index contributed by atoms with van der Waals surface area (Å²) in [6, 6.07) is 0. The second-order valence-corrected chi connectivity index (χ2v) is 3.52. The Bertz CT molecular complexity index is 168. The first-order valence-electron chi connectivity index (χ1n) is 4.59. The number of piperidine rings is 1. The van der Waals surface area contributed by atoms with E-state index in [9.17, 15) is 5.02 Å². The molecule has 0 spiro atoms. The SMILES string of the molecule is C#CCC1CCN(B(C)O)CC1. The normalized spacial score (nSPS) is 20.4. The first kappa shape index (κ1) is 9.63. The van der Waals surface area contributed by atoms with E-state index >= 15 is 0 Å².